The van der Waals surface area contributed by atoms with Gasteiger partial charge in [-0.3, -0.25) is 9.59 Å². The van der Waals surface area contributed by atoms with Gasteiger partial charge in [-0.25, -0.2) is 9.59 Å². The summed E-state index contributed by atoms with van der Waals surface area (Å²) in [5.41, 5.74) is 9.55. The minimum absolute atomic E-state index is 0.0273. The Hall–Kier alpha value is -3.36. The summed E-state index contributed by atoms with van der Waals surface area (Å²) in [5, 5.41) is 15.3. The third kappa shape index (κ3) is 8.74. The number of halogens is 2. The molecule has 0 aliphatic carbocycles. The predicted molar refractivity (Wildman–Crippen MR) is 199 cm³/mol. The van der Waals surface area contributed by atoms with Crippen LogP contribution in [0.5, 0.6) is 0 Å². The molecule has 4 aliphatic heterocycles. The molecule has 3 fully saturated rings. The minimum Gasteiger partial charge on any atom is -0.481 e. The van der Waals surface area contributed by atoms with Crippen molar-refractivity contribution in [2.75, 3.05) is 56.9 Å². The SMILES string of the molecule is Nc1c(Br)cc(C[C@@H](NC(=O)N2CCC(N3CCc4ccccc4NC3=O)CC2)C(=O)N2CCC(N3CCC(CC(=O)O)CC3)CC2)cc1Br. The molecule has 0 unspecified atom stereocenters. The molecule has 0 spiro atoms. The van der Waals surface area contributed by atoms with E-state index in [2.05, 4.69) is 47.4 Å². The number of para-hydroxylation sites is 1. The highest BCUT2D eigenvalue weighted by Crippen LogP contribution is 2.31. The van der Waals surface area contributed by atoms with Gasteiger partial charge in [-0.15, -0.1) is 0 Å². The van der Waals surface area contributed by atoms with E-state index in [9.17, 15) is 19.2 Å². The molecular weight excluding hydrogens is 770 g/mol. The van der Waals surface area contributed by atoms with Crippen LogP contribution in [0.3, 0.4) is 0 Å². The van der Waals surface area contributed by atoms with Crippen LogP contribution in [0.15, 0.2) is 45.3 Å². The van der Waals surface area contributed by atoms with Crippen molar-refractivity contribution in [1.29, 1.82) is 0 Å². The maximum Gasteiger partial charge on any atom is 0.322 e. The average molecular weight is 818 g/mol. The number of nitrogens with two attached hydrogens (primary N) is 1. The number of nitrogens with zero attached hydrogens (tertiary/aromatic N) is 4. The zero-order chi connectivity index (χ0) is 35.4. The molecular formula is C36H47Br2N7O5. The number of carbonyl (C=O) groups excluding carboxylic acids is 3. The highest BCUT2D eigenvalue weighted by molar-refractivity contribution is 9.11. The lowest BCUT2D eigenvalue weighted by Crippen LogP contribution is -2.57. The molecule has 6 rings (SSSR count). The number of piperidine rings is 3. The first-order chi connectivity index (χ1) is 24.0. The molecule has 5 N–H and O–H groups in total. The predicted octanol–water partition coefficient (Wildman–Crippen LogP) is 5.15. The van der Waals surface area contributed by atoms with Crippen molar-refractivity contribution < 1.29 is 24.3 Å². The smallest absolute Gasteiger partial charge is 0.322 e. The number of benzene rings is 2. The van der Waals surface area contributed by atoms with E-state index in [0.29, 0.717) is 63.7 Å². The Labute approximate surface area is 310 Å². The zero-order valence-corrected chi connectivity index (χ0v) is 31.5. The number of aliphatic carboxylic acids is 1. The van der Waals surface area contributed by atoms with Crippen LogP contribution in [0.4, 0.5) is 21.0 Å². The van der Waals surface area contributed by atoms with Crippen molar-refractivity contribution in [3.8, 4) is 0 Å². The third-order valence-electron chi connectivity index (χ3n) is 10.9. The van der Waals surface area contributed by atoms with Gasteiger partial charge >= 0.3 is 18.0 Å². The molecule has 50 heavy (non-hydrogen) atoms. The summed E-state index contributed by atoms with van der Waals surface area (Å²) in [6, 6.07) is 10.9. The fourth-order valence-electron chi connectivity index (χ4n) is 7.99. The number of hydrogen-bond donors (Lipinski definition) is 4. The second kappa shape index (κ2) is 16.3. The Balaban J connectivity index is 1.06. The first kappa shape index (κ1) is 36.4. The van der Waals surface area contributed by atoms with E-state index in [-0.39, 0.29) is 36.3 Å². The molecule has 2 aromatic rings. The molecule has 2 aromatic carbocycles. The van der Waals surface area contributed by atoms with Gasteiger partial charge in [0, 0.05) is 72.3 Å². The summed E-state index contributed by atoms with van der Waals surface area (Å²) in [6.07, 6.45) is 6.12. The van der Waals surface area contributed by atoms with Crippen LogP contribution in [-0.2, 0) is 22.4 Å². The summed E-state index contributed by atoms with van der Waals surface area (Å²) in [5.74, 6) is -0.592. The molecule has 4 aliphatic rings. The number of carbonyl (C=O) groups is 4. The molecule has 14 heteroatoms. The van der Waals surface area contributed by atoms with E-state index >= 15 is 0 Å². The van der Waals surface area contributed by atoms with Crippen LogP contribution in [0, 0.1) is 5.92 Å². The van der Waals surface area contributed by atoms with Gasteiger partial charge in [-0.1, -0.05) is 18.2 Å². The average Bonchev–Trinajstić information content (AvgIpc) is 3.28. The summed E-state index contributed by atoms with van der Waals surface area (Å²) >= 11 is 7.03. The Bertz CT molecular complexity index is 1550. The van der Waals surface area contributed by atoms with Crippen molar-refractivity contribution in [1.82, 2.24) is 24.9 Å². The van der Waals surface area contributed by atoms with Gasteiger partial charge in [0.1, 0.15) is 6.04 Å². The van der Waals surface area contributed by atoms with Gasteiger partial charge in [0.15, 0.2) is 0 Å². The van der Waals surface area contributed by atoms with Crippen molar-refractivity contribution >= 4 is 67.2 Å². The Morgan fingerprint density at radius 1 is 0.880 bits per heavy atom. The molecule has 5 amide bonds. The van der Waals surface area contributed by atoms with E-state index in [1.54, 1.807) is 4.90 Å². The number of carboxylic acid groups (broad SMARTS) is 1. The number of hydrogen-bond acceptors (Lipinski definition) is 6. The van der Waals surface area contributed by atoms with E-state index < -0.39 is 12.0 Å². The Kier molecular flexibility index (Phi) is 11.9. The Morgan fingerprint density at radius 3 is 2.16 bits per heavy atom. The van der Waals surface area contributed by atoms with E-state index in [1.807, 2.05) is 46.2 Å². The van der Waals surface area contributed by atoms with Crippen LogP contribution in [0.25, 0.3) is 0 Å². The first-order valence-electron chi connectivity index (χ1n) is 17.7. The van der Waals surface area contributed by atoms with Gasteiger partial charge < -0.3 is 41.1 Å². The number of nitrogens with one attached hydrogen (secondary N) is 2. The second-order valence-electron chi connectivity index (χ2n) is 14.1. The molecule has 4 heterocycles. The molecule has 1 atom stereocenters. The molecule has 3 saturated heterocycles. The molecule has 12 nitrogen and oxygen atoms in total. The largest absolute Gasteiger partial charge is 0.481 e. The molecule has 0 saturated carbocycles. The summed E-state index contributed by atoms with van der Waals surface area (Å²) in [4.78, 5) is 60.1. The summed E-state index contributed by atoms with van der Waals surface area (Å²) < 4.78 is 1.44. The lowest BCUT2D eigenvalue weighted by atomic mass is 9.91. The number of rotatable bonds is 8. The zero-order valence-electron chi connectivity index (χ0n) is 28.3. The fraction of sp³-hybridized carbons (Fsp3) is 0.556. The topological polar surface area (TPSA) is 152 Å². The number of nitrogen functional groups attached to an aromatic ring is 1. The number of anilines is 2. The normalized spacial score (nSPS) is 20.5. The van der Waals surface area contributed by atoms with Crippen molar-refractivity contribution in [3.05, 3.63) is 56.5 Å². The number of fused-ring (bicyclic) bond motifs is 1. The fourth-order valence-corrected chi connectivity index (χ4v) is 9.27. The van der Waals surface area contributed by atoms with Gasteiger partial charge in [0.25, 0.3) is 0 Å². The Morgan fingerprint density at radius 2 is 1.50 bits per heavy atom. The lowest BCUT2D eigenvalue weighted by Gasteiger charge is -2.42. The van der Waals surface area contributed by atoms with Crippen molar-refractivity contribution in [2.45, 2.75) is 75.9 Å². The number of amides is 5. The highest BCUT2D eigenvalue weighted by Gasteiger charge is 2.36. The first-order valence-corrected chi connectivity index (χ1v) is 19.3. The lowest BCUT2D eigenvalue weighted by molar-refractivity contribution is -0.138. The van der Waals surface area contributed by atoms with E-state index in [4.69, 9.17) is 10.8 Å². The molecule has 0 aromatic heterocycles. The summed E-state index contributed by atoms with van der Waals surface area (Å²) in [6.45, 7) is 4.60. The van der Waals surface area contributed by atoms with Gasteiger partial charge in [-0.05, 0) is 125 Å². The number of urea groups is 2. The minimum atomic E-state index is -0.763. The van der Waals surface area contributed by atoms with Crippen molar-refractivity contribution in [2.24, 2.45) is 5.92 Å². The number of likely N-dealkylation sites (tertiary alicyclic amines) is 3. The standard InChI is InChI=1S/C36H47Br2N7O5/c37-28-19-24(20-29(38)33(28)39)21-31(34(48)43-14-8-26(9-15-43)42-12-5-23(6-13-42)22-32(46)47)41-35(49)44-16-10-27(11-17-44)45-18-7-25-3-1-2-4-30(25)40-36(45)50/h1-4,19-20,23,26-27,31H,5-18,21-22,39H2,(H,40,50)(H,41,49)(H,46,47)/t31-/m1/s1. The van der Waals surface area contributed by atoms with E-state index in [1.165, 1.54) is 0 Å². The van der Waals surface area contributed by atoms with Crippen molar-refractivity contribution in [3.63, 3.8) is 0 Å². The van der Waals surface area contributed by atoms with E-state index in [0.717, 1.165) is 71.0 Å². The van der Waals surface area contributed by atoms with Crippen LogP contribution in [-0.4, -0.2) is 113 Å². The molecule has 0 bridgehead atoms. The maximum atomic E-state index is 14.1. The summed E-state index contributed by atoms with van der Waals surface area (Å²) in [7, 11) is 0. The van der Waals surface area contributed by atoms with Gasteiger partial charge in [-0.2, -0.15) is 0 Å². The van der Waals surface area contributed by atoms with Crippen LogP contribution >= 0.6 is 31.9 Å². The molecule has 270 valence electrons. The maximum absolute atomic E-state index is 14.1. The van der Waals surface area contributed by atoms with Crippen LogP contribution < -0.4 is 16.4 Å². The van der Waals surface area contributed by atoms with Crippen LogP contribution in [0.1, 0.15) is 56.1 Å². The van der Waals surface area contributed by atoms with Gasteiger partial charge in [0.05, 0.1) is 5.69 Å². The highest BCUT2D eigenvalue weighted by atomic mass is 79.9. The van der Waals surface area contributed by atoms with Crippen LogP contribution in [0.2, 0.25) is 0 Å². The number of carboxylic acids is 1. The molecule has 0 radical (unpaired) electrons. The third-order valence-corrected chi connectivity index (χ3v) is 12.2. The quantitative estimate of drug-likeness (QED) is 0.270. The monoisotopic (exact) mass is 815 g/mol. The van der Waals surface area contributed by atoms with Gasteiger partial charge in [0.2, 0.25) is 5.91 Å². The second-order valence-corrected chi connectivity index (χ2v) is 15.8.